The largest absolute Gasteiger partial charge is 0.383 e. The van der Waals surface area contributed by atoms with Crippen molar-refractivity contribution in [2.45, 2.75) is 6.04 Å². The summed E-state index contributed by atoms with van der Waals surface area (Å²) in [6, 6.07) is 3.17. The highest BCUT2D eigenvalue weighted by atomic mass is 19.2. The summed E-state index contributed by atoms with van der Waals surface area (Å²) in [4.78, 5) is 0. The maximum atomic E-state index is 12.7. The Hall–Kier alpha value is -1.00. The predicted octanol–water partition coefficient (Wildman–Crippen LogP) is 1.61. The molecular formula is C9H11F2NO. The first-order chi connectivity index (χ1) is 6.15. The van der Waals surface area contributed by atoms with E-state index >= 15 is 0 Å². The maximum Gasteiger partial charge on any atom is 0.159 e. The molecule has 0 aliphatic carbocycles. The second kappa shape index (κ2) is 4.30. The third kappa shape index (κ3) is 2.47. The van der Waals surface area contributed by atoms with Gasteiger partial charge in [-0.05, 0) is 17.7 Å². The molecule has 13 heavy (non-hydrogen) atoms. The minimum absolute atomic E-state index is 0.283. The van der Waals surface area contributed by atoms with Gasteiger partial charge < -0.3 is 10.5 Å². The van der Waals surface area contributed by atoms with Crippen molar-refractivity contribution < 1.29 is 13.5 Å². The molecule has 0 aromatic heterocycles. The molecule has 2 N–H and O–H groups in total. The molecule has 1 unspecified atom stereocenters. The highest BCUT2D eigenvalue weighted by molar-refractivity contribution is 5.20. The molecular weight excluding hydrogens is 176 g/mol. The summed E-state index contributed by atoms with van der Waals surface area (Å²) in [6.07, 6.45) is 0. The molecule has 72 valence electrons. The van der Waals surface area contributed by atoms with Gasteiger partial charge in [-0.2, -0.15) is 0 Å². The zero-order chi connectivity index (χ0) is 9.84. The second-order valence-corrected chi connectivity index (χ2v) is 2.74. The van der Waals surface area contributed by atoms with Crippen LogP contribution in [0.1, 0.15) is 11.6 Å². The Morgan fingerprint density at radius 2 is 2.08 bits per heavy atom. The lowest BCUT2D eigenvalue weighted by molar-refractivity contribution is 0.180. The zero-order valence-electron chi connectivity index (χ0n) is 7.26. The standard InChI is InChI=1S/C9H11F2NO/c1-13-5-9(12)6-2-3-7(10)8(11)4-6/h2-4,9H,5,12H2,1H3. The molecule has 0 aliphatic heterocycles. The Labute approximate surface area is 75.3 Å². The van der Waals surface area contributed by atoms with E-state index in [-0.39, 0.29) is 6.61 Å². The van der Waals surface area contributed by atoms with Gasteiger partial charge >= 0.3 is 0 Å². The van der Waals surface area contributed by atoms with E-state index in [0.717, 1.165) is 12.1 Å². The topological polar surface area (TPSA) is 35.2 Å². The van der Waals surface area contributed by atoms with E-state index in [0.29, 0.717) is 5.56 Å². The van der Waals surface area contributed by atoms with Crippen LogP contribution in [0.4, 0.5) is 8.78 Å². The van der Waals surface area contributed by atoms with Gasteiger partial charge in [0, 0.05) is 7.11 Å². The summed E-state index contributed by atoms with van der Waals surface area (Å²) in [5.74, 6) is -1.75. The van der Waals surface area contributed by atoms with Crippen molar-refractivity contribution in [3.05, 3.63) is 35.4 Å². The number of benzene rings is 1. The van der Waals surface area contributed by atoms with Crippen LogP contribution in [0.5, 0.6) is 0 Å². The van der Waals surface area contributed by atoms with E-state index in [4.69, 9.17) is 10.5 Å². The van der Waals surface area contributed by atoms with Crippen LogP contribution in [0.15, 0.2) is 18.2 Å². The number of hydrogen-bond donors (Lipinski definition) is 1. The average molecular weight is 187 g/mol. The van der Waals surface area contributed by atoms with E-state index in [1.54, 1.807) is 0 Å². The van der Waals surface area contributed by atoms with Gasteiger partial charge in [0.2, 0.25) is 0 Å². The van der Waals surface area contributed by atoms with Crippen LogP contribution in [0.3, 0.4) is 0 Å². The molecule has 0 radical (unpaired) electrons. The third-order valence-corrected chi connectivity index (χ3v) is 1.72. The van der Waals surface area contributed by atoms with Crippen LogP contribution < -0.4 is 5.73 Å². The van der Waals surface area contributed by atoms with E-state index < -0.39 is 17.7 Å². The average Bonchev–Trinajstić information content (AvgIpc) is 2.10. The van der Waals surface area contributed by atoms with E-state index in [1.165, 1.54) is 13.2 Å². The molecule has 0 spiro atoms. The van der Waals surface area contributed by atoms with Crippen LogP contribution in [-0.4, -0.2) is 13.7 Å². The fourth-order valence-corrected chi connectivity index (χ4v) is 1.02. The predicted molar refractivity (Wildman–Crippen MR) is 45.2 cm³/mol. The second-order valence-electron chi connectivity index (χ2n) is 2.74. The van der Waals surface area contributed by atoms with Gasteiger partial charge in [0.15, 0.2) is 11.6 Å². The number of ether oxygens (including phenoxy) is 1. The molecule has 1 atom stereocenters. The summed E-state index contributed by atoms with van der Waals surface area (Å²) < 4.78 is 30.0. The first-order valence-electron chi connectivity index (χ1n) is 3.84. The van der Waals surface area contributed by atoms with Crippen molar-refractivity contribution in [3.8, 4) is 0 Å². The SMILES string of the molecule is COCC(N)c1ccc(F)c(F)c1. The fourth-order valence-electron chi connectivity index (χ4n) is 1.02. The van der Waals surface area contributed by atoms with Crippen molar-refractivity contribution in [1.29, 1.82) is 0 Å². The quantitative estimate of drug-likeness (QED) is 0.780. The molecule has 0 saturated heterocycles. The van der Waals surface area contributed by atoms with Crippen molar-refractivity contribution in [2.75, 3.05) is 13.7 Å². The van der Waals surface area contributed by atoms with Crippen LogP contribution in [0, 0.1) is 11.6 Å². The first kappa shape index (κ1) is 10.1. The first-order valence-corrected chi connectivity index (χ1v) is 3.84. The Bertz CT molecular complexity index is 291. The van der Waals surface area contributed by atoms with Crippen LogP contribution in [0.25, 0.3) is 0 Å². The molecule has 1 aromatic rings. The van der Waals surface area contributed by atoms with Gasteiger partial charge in [0.25, 0.3) is 0 Å². The molecule has 0 aliphatic rings. The Morgan fingerprint density at radius 1 is 1.38 bits per heavy atom. The minimum Gasteiger partial charge on any atom is -0.383 e. The van der Waals surface area contributed by atoms with E-state index in [2.05, 4.69) is 0 Å². The van der Waals surface area contributed by atoms with Crippen LogP contribution in [-0.2, 0) is 4.74 Å². The molecule has 1 aromatic carbocycles. The fraction of sp³-hybridized carbons (Fsp3) is 0.333. The molecule has 0 heterocycles. The molecule has 0 fully saturated rings. The number of rotatable bonds is 3. The lowest BCUT2D eigenvalue weighted by atomic mass is 10.1. The van der Waals surface area contributed by atoms with Gasteiger partial charge in [-0.3, -0.25) is 0 Å². The molecule has 0 saturated carbocycles. The van der Waals surface area contributed by atoms with E-state index in [9.17, 15) is 8.78 Å². The molecule has 2 nitrogen and oxygen atoms in total. The van der Waals surface area contributed by atoms with Gasteiger partial charge in [0.1, 0.15) is 0 Å². The monoisotopic (exact) mass is 187 g/mol. The van der Waals surface area contributed by atoms with Gasteiger partial charge in [-0.15, -0.1) is 0 Å². The Morgan fingerprint density at radius 3 is 2.62 bits per heavy atom. The Kier molecular flexibility index (Phi) is 3.33. The normalized spacial score (nSPS) is 12.9. The van der Waals surface area contributed by atoms with Crippen molar-refractivity contribution >= 4 is 0 Å². The zero-order valence-corrected chi connectivity index (χ0v) is 7.26. The molecule has 4 heteroatoms. The van der Waals surface area contributed by atoms with Crippen LogP contribution >= 0.6 is 0 Å². The van der Waals surface area contributed by atoms with Gasteiger partial charge in [-0.25, -0.2) is 8.78 Å². The van der Waals surface area contributed by atoms with Crippen LogP contribution in [0.2, 0.25) is 0 Å². The van der Waals surface area contributed by atoms with Gasteiger partial charge in [0.05, 0.1) is 12.6 Å². The third-order valence-electron chi connectivity index (χ3n) is 1.72. The summed E-state index contributed by atoms with van der Waals surface area (Å²) in [5, 5.41) is 0. The lowest BCUT2D eigenvalue weighted by Crippen LogP contribution is -2.16. The summed E-state index contributed by atoms with van der Waals surface area (Å²) in [6.45, 7) is 0.283. The van der Waals surface area contributed by atoms with Crippen molar-refractivity contribution in [3.63, 3.8) is 0 Å². The molecule has 0 amide bonds. The summed E-state index contributed by atoms with van der Waals surface area (Å²) in [5.41, 5.74) is 6.14. The number of hydrogen-bond acceptors (Lipinski definition) is 2. The number of halogens is 2. The number of methoxy groups -OCH3 is 1. The molecule has 1 rings (SSSR count). The van der Waals surface area contributed by atoms with Gasteiger partial charge in [-0.1, -0.05) is 6.07 Å². The van der Waals surface area contributed by atoms with Crippen molar-refractivity contribution in [1.82, 2.24) is 0 Å². The highest BCUT2D eigenvalue weighted by Gasteiger charge is 2.08. The van der Waals surface area contributed by atoms with E-state index in [1.807, 2.05) is 0 Å². The summed E-state index contributed by atoms with van der Waals surface area (Å²) >= 11 is 0. The summed E-state index contributed by atoms with van der Waals surface area (Å²) in [7, 11) is 1.50. The molecule has 0 bridgehead atoms. The Balaban J connectivity index is 2.84. The maximum absolute atomic E-state index is 12.7. The minimum atomic E-state index is -0.885. The lowest BCUT2D eigenvalue weighted by Gasteiger charge is -2.10. The number of nitrogens with two attached hydrogens (primary N) is 1. The van der Waals surface area contributed by atoms with Crippen molar-refractivity contribution in [2.24, 2.45) is 5.73 Å². The smallest absolute Gasteiger partial charge is 0.159 e. The highest BCUT2D eigenvalue weighted by Crippen LogP contribution is 2.14.